The number of carbonyl (C=O) groups is 3. The molecule has 2 N–H and O–H groups in total. The number of methoxy groups -OCH3 is 1. The standard InChI is InChI=1S/C30H40O6/c1-16-23-17(12-19(32)24(16)34)27(3)9-11-30(6)21-14-28(4,25(35)36-7)22(33)15-26(21,2)8-10-29(30,5)20(27)13-18(23)31/h12,20-21,32,34H,8-11,13-15H2,1-7H3. The number of benzene rings is 1. The molecule has 4 aliphatic rings. The fraction of sp³-hybridized carbons (Fsp3) is 0.700. The van der Waals surface area contributed by atoms with Gasteiger partial charge in [-0.15, -0.1) is 0 Å². The van der Waals surface area contributed by atoms with E-state index in [0.717, 1.165) is 31.2 Å². The van der Waals surface area contributed by atoms with E-state index in [4.69, 9.17) is 4.74 Å². The minimum absolute atomic E-state index is 0.0199. The first-order valence-corrected chi connectivity index (χ1v) is 13.3. The van der Waals surface area contributed by atoms with Gasteiger partial charge in [0, 0.05) is 24.0 Å². The summed E-state index contributed by atoms with van der Waals surface area (Å²) in [4.78, 5) is 39.7. The SMILES string of the molecule is COC(=O)C1(C)CC2C(C)(CCC3(C)C4CC(=O)c5c(cc(O)c(O)c5C)C4(C)CCC23C)CC1=O. The van der Waals surface area contributed by atoms with Gasteiger partial charge in [0.1, 0.15) is 11.2 Å². The summed E-state index contributed by atoms with van der Waals surface area (Å²) in [5.74, 6) is -0.627. The van der Waals surface area contributed by atoms with E-state index in [0.29, 0.717) is 30.4 Å². The van der Waals surface area contributed by atoms with E-state index in [1.165, 1.54) is 7.11 Å². The van der Waals surface area contributed by atoms with Crippen molar-refractivity contribution in [2.75, 3.05) is 7.11 Å². The Morgan fingerprint density at radius 2 is 1.58 bits per heavy atom. The molecule has 0 heterocycles. The van der Waals surface area contributed by atoms with E-state index in [-0.39, 0.29) is 56.6 Å². The summed E-state index contributed by atoms with van der Waals surface area (Å²) in [6, 6.07) is 1.62. The third kappa shape index (κ3) is 2.82. The number of fused-ring (bicyclic) bond motifs is 7. The second kappa shape index (κ2) is 7.35. The number of phenolic OH excluding ortho intramolecular Hbond substituents is 2. The van der Waals surface area contributed by atoms with Gasteiger partial charge in [-0.1, -0.05) is 27.7 Å². The largest absolute Gasteiger partial charge is 0.504 e. The highest BCUT2D eigenvalue weighted by molar-refractivity contribution is 6.04. The predicted octanol–water partition coefficient (Wildman–Crippen LogP) is 5.63. The topological polar surface area (TPSA) is 101 Å². The lowest BCUT2D eigenvalue weighted by Crippen LogP contribution is -2.67. The minimum atomic E-state index is -1.14. The van der Waals surface area contributed by atoms with Crippen LogP contribution in [0.4, 0.5) is 0 Å². The quantitative estimate of drug-likeness (QED) is 0.297. The van der Waals surface area contributed by atoms with E-state index < -0.39 is 11.4 Å². The number of ether oxygens (including phenoxy) is 1. The molecule has 4 aliphatic carbocycles. The number of aromatic hydroxyl groups is 2. The van der Waals surface area contributed by atoms with Crippen molar-refractivity contribution in [3.63, 3.8) is 0 Å². The normalized spacial score (nSPS) is 43.6. The predicted molar refractivity (Wildman–Crippen MR) is 135 cm³/mol. The highest BCUT2D eigenvalue weighted by atomic mass is 16.5. The molecule has 0 amide bonds. The molecule has 36 heavy (non-hydrogen) atoms. The molecule has 0 aromatic heterocycles. The van der Waals surface area contributed by atoms with Crippen LogP contribution in [0.25, 0.3) is 0 Å². The van der Waals surface area contributed by atoms with Crippen molar-refractivity contribution >= 4 is 17.5 Å². The van der Waals surface area contributed by atoms with Crippen molar-refractivity contribution in [2.45, 2.75) is 91.9 Å². The Bertz CT molecular complexity index is 1200. The summed E-state index contributed by atoms with van der Waals surface area (Å²) >= 11 is 0. The molecule has 6 nitrogen and oxygen atoms in total. The Morgan fingerprint density at radius 3 is 2.22 bits per heavy atom. The second-order valence-corrected chi connectivity index (χ2v) is 13.6. The number of esters is 1. The van der Waals surface area contributed by atoms with Crippen molar-refractivity contribution < 1.29 is 29.3 Å². The average molecular weight is 497 g/mol. The molecule has 3 saturated carbocycles. The Morgan fingerprint density at radius 1 is 0.972 bits per heavy atom. The molecule has 0 saturated heterocycles. The highest BCUT2D eigenvalue weighted by Crippen LogP contribution is 2.75. The zero-order valence-corrected chi connectivity index (χ0v) is 22.7. The smallest absolute Gasteiger partial charge is 0.319 e. The van der Waals surface area contributed by atoms with Crippen molar-refractivity contribution in [1.29, 1.82) is 0 Å². The van der Waals surface area contributed by atoms with Gasteiger partial charge in [0.05, 0.1) is 7.11 Å². The summed E-state index contributed by atoms with van der Waals surface area (Å²) in [6.07, 6.45) is 4.77. The number of Topliss-reactive ketones (excluding diaryl/α,β-unsaturated/α-hetero) is 2. The number of carbonyl (C=O) groups excluding carboxylic acids is 3. The van der Waals surface area contributed by atoms with Crippen molar-refractivity contribution in [3.8, 4) is 11.5 Å². The van der Waals surface area contributed by atoms with Crippen LogP contribution in [0.2, 0.25) is 0 Å². The zero-order valence-electron chi connectivity index (χ0n) is 22.7. The van der Waals surface area contributed by atoms with E-state index >= 15 is 0 Å². The van der Waals surface area contributed by atoms with Crippen LogP contribution < -0.4 is 0 Å². The molecule has 7 atom stereocenters. The number of rotatable bonds is 1. The van der Waals surface area contributed by atoms with E-state index in [9.17, 15) is 24.6 Å². The van der Waals surface area contributed by atoms with Crippen LogP contribution in [0.1, 0.15) is 101 Å². The molecule has 0 radical (unpaired) electrons. The van der Waals surface area contributed by atoms with Gasteiger partial charge in [-0.05, 0) is 91.1 Å². The molecular formula is C30H40O6. The van der Waals surface area contributed by atoms with Gasteiger partial charge < -0.3 is 14.9 Å². The number of ketones is 2. The van der Waals surface area contributed by atoms with Gasteiger partial charge in [0.2, 0.25) is 0 Å². The maximum absolute atomic E-state index is 13.6. The molecule has 0 bridgehead atoms. The Labute approximate surface area is 213 Å². The lowest BCUT2D eigenvalue weighted by atomic mass is 9.32. The van der Waals surface area contributed by atoms with Crippen LogP contribution >= 0.6 is 0 Å². The summed E-state index contributed by atoms with van der Waals surface area (Å²) in [7, 11) is 1.35. The van der Waals surface area contributed by atoms with Crippen LogP contribution in [0.3, 0.4) is 0 Å². The molecule has 5 rings (SSSR count). The monoisotopic (exact) mass is 496 g/mol. The van der Waals surface area contributed by atoms with E-state index in [1.54, 1.807) is 19.9 Å². The van der Waals surface area contributed by atoms with Crippen molar-refractivity contribution in [1.82, 2.24) is 0 Å². The van der Waals surface area contributed by atoms with Gasteiger partial charge in [-0.2, -0.15) is 0 Å². The van der Waals surface area contributed by atoms with E-state index in [1.807, 2.05) is 0 Å². The second-order valence-electron chi connectivity index (χ2n) is 13.6. The zero-order chi connectivity index (χ0) is 26.6. The highest BCUT2D eigenvalue weighted by Gasteiger charge is 2.70. The number of phenols is 2. The fourth-order valence-corrected chi connectivity index (χ4v) is 9.45. The Kier molecular flexibility index (Phi) is 5.16. The van der Waals surface area contributed by atoms with Gasteiger partial charge in [0.15, 0.2) is 17.3 Å². The first-order valence-electron chi connectivity index (χ1n) is 13.3. The van der Waals surface area contributed by atoms with Crippen molar-refractivity contribution in [2.24, 2.45) is 33.5 Å². The molecule has 196 valence electrons. The number of hydrogen-bond donors (Lipinski definition) is 2. The first-order chi connectivity index (χ1) is 16.6. The average Bonchev–Trinajstić information content (AvgIpc) is 2.82. The maximum atomic E-state index is 13.6. The van der Waals surface area contributed by atoms with Gasteiger partial charge >= 0.3 is 5.97 Å². The van der Waals surface area contributed by atoms with Crippen LogP contribution in [0.15, 0.2) is 6.07 Å². The molecule has 0 spiro atoms. The molecular weight excluding hydrogens is 456 g/mol. The molecule has 3 fully saturated rings. The maximum Gasteiger partial charge on any atom is 0.319 e. The summed E-state index contributed by atoms with van der Waals surface area (Å²) < 4.78 is 5.11. The van der Waals surface area contributed by atoms with Crippen LogP contribution in [0.5, 0.6) is 11.5 Å². The van der Waals surface area contributed by atoms with Gasteiger partial charge in [0.25, 0.3) is 0 Å². The van der Waals surface area contributed by atoms with Crippen LogP contribution in [-0.4, -0.2) is 34.9 Å². The van der Waals surface area contributed by atoms with Gasteiger partial charge in [-0.25, -0.2) is 0 Å². The summed E-state index contributed by atoms with van der Waals surface area (Å²) in [5, 5.41) is 20.9. The lowest BCUT2D eigenvalue weighted by Gasteiger charge is -2.71. The van der Waals surface area contributed by atoms with E-state index in [2.05, 4.69) is 27.7 Å². The summed E-state index contributed by atoms with van der Waals surface area (Å²) in [5.41, 5.74) is -0.145. The molecule has 1 aromatic carbocycles. The van der Waals surface area contributed by atoms with Crippen LogP contribution in [-0.2, 0) is 19.7 Å². The first kappa shape index (κ1) is 25.3. The minimum Gasteiger partial charge on any atom is -0.504 e. The molecule has 0 aliphatic heterocycles. The number of hydrogen-bond acceptors (Lipinski definition) is 6. The fourth-order valence-electron chi connectivity index (χ4n) is 9.45. The Balaban J connectivity index is 1.64. The van der Waals surface area contributed by atoms with Crippen molar-refractivity contribution in [3.05, 3.63) is 22.8 Å². The van der Waals surface area contributed by atoms with Crippen LogP contribution in [0, 0.1) is 40.4 Å². The molecule has 6 heteroatoms. The third-order valence-electron chi connectivity index (χ3n) is 12.1. The van der Waals surface area contributed by atoms with Gasteiger partial charge in [-0.3, -0.25) is 14.4 Å². The molecule has 1 aromatic rings. The Hall–Kier alpha value is -2.37. The molecule has 7 unspecified atom stereocenters. The third-order valence-corrected chi connectivity index (χ3v) is 12.1. The lowest BCUT2D eigenvalue weighted by molar-refractivity contribution is -0.210. The summed E-state index contributed by atoms with van der Waals surface area (Å²) in [6.45, 7) is 12.6.